The summed E-state index contributed by atoms with van der Waals surface area (Å²) in [4.78, 5) is 23.7. The fourth-order valence-corrected chi connectivity index (χ4v) is 5.09. The number of nitrogens with one attached hydrogen (secondary N) is 3. The van der Waals surface area contributed by atoms with Gasteiger partial charge in [-0.25, -0.2) is 8.42 Å². The van der Waals surface area contributed by atoms with Crippen LogP contribution in [0.2, 0.25) is 0 Å². The number of carbonyl (C=O) groups excluding carboxylic acids is 2. The van der Waals surface area contributed by atoms with Gasteiger partial charge in [-0.05, 0) is 56.0 Å². The number of carbonyl (C=O) groups is 2. The van der Waals surface area contributed by atoms with E-state index in [1.54, 1.807) is 18.2 Å². The highest BCUT2D eigenvalue weighted by molar-refractivity contribution is 7.89. The van der Waals surface area contributed by atoms with Crippen LogP contribution in [-0.4, -0.2) is 53.9 Å². The number of amides is 2. The topological polar surface area (TPSA) is 124 Å². The van der Waals surface area contributed by atoms with Gasteiger partial charge in [0.2, 0.25) is 15.9 Å². The molecule has 2 heterocycles. The highest BCUT2D eigenvalue weighted by Crippen LogP contribution is 2.39. The van der Waals surface area contributed by atoms with E-state index in [9.17, 15) is 18.0 Å². The van der Waals surface area contributed by atoms with Crippen molar-refractivity contribution in [1.29, 1.82) is 0 Å². The summed E-state index contributed by atoms with van der Waals surface area (Å²) in [6, 6.07) is 7.83. The van der Waals surface area contributed by atoms with E-state index in [1.807, 2.05) is 0 Å². The Hall–Kier alpha value is -2.72. The third-order valence-corrected chi connectivity index (χ3v) is 7.36. The average molecular weight is 432 g/mol. The van der Waals surface area contributed by atoms with Crippen molar-refractivity contribution in [3.8, 4) is 0 Å². The first-order chi connectivity index (χ1) is 14.3. The van der Waals surface area contributed by atoms with Gasteiger partial charge in [0.15, 0.2) is 0 Å². The molecule has 1 aromatic heterocycles. The molecule has 10 heteroatoms. The zero-order chi connectivity index (χ0) is 21.3. The SMILES string of the molecule is CC(=O)Nc1ccc(S(=O)(=O)N2CCC(NC(=O)c3cc(C4CC4)[nH]n3)CC2)cc1. The maximum atomic E-state index is 12.9. The van der Waals surface area contributed by atoms with Gasteiger partial charge in [0.05, 0.1) is 4.90 Å². The number of hydrogen-bond acceptors (Lipinski definition) is 5. The number of H-pyrrole nitrogens is 1. The number of aromatic amines is 1. The molecule has 0 bridgehead atoms. The van der Waals surface area contributed by atoms with Crippen molar-refractivity contribution in [3.05, 3.63) is 41.7 Å². The van der Waals surface area contributed by atoms with Crippen molar-refractivity contribution in [3.63, 3.8) is 0 Å². The monoisotopic (exact) mass is 431 g/mol. The van der Waals surface area contributed by atoms with Crippen molar-refractivity contribution < 1.29 is 18.0 Å². The van der Waals surface area contributed by atoms with Gasteiger partial charge in [-0.15, -0.1) is 0 Å². The van der Waals surface area contributed by atoms with Crippen LogP contribution in [0.4, 0.5) is 5.69 Å². The van der Waals surface area contributed by atoms with Crippen molar-refractivity contribution in [1.82, 2.24) is 19.8 Å². The summed E-state index contributed by atoms with van der Waals surface area (Å²) in [6.45, 7) is 2.05. The lowest BCUT2D eigenvalue weighted by atomic mass is 10.1. The third kappa shape index (κ3) is 4.54. The molecule has 0 unspecified atom stereocenters. The van der Waals surface area contributed by atoms with Crippen LogP contribution in [0, 0.1) is 0 Å². The molecule has 1 aromatic carbocycles. The van der Waals surface area contributed by atoms with Crippen molar-refractivity contribution >= 4 is 27.5 Å². The standard InChI is InChI=1S/C20H25N5O4S/c1-13(26)21-15-4-6-17(7-5-15)30(28,29)25-10-8-16(9-11-25)22-20(27)19-12-18(23-24-19)14-2-3-14/h4-7,12,14,16H,2-3,8-11H2,1H3,(H,21,26)(H,22,27)(H,23,24). The number of piperidine rings is 1. The van der Waals surface area contributed by atoms with E-state index in [1.165, 1.54) is 23.4 Å². The minimum atomic E-state index is -3.62. The largest absolute Gasteiger partial charge is 0.348 e. The molecular weight excluding hydrogens is 406 g/mol. The van der Waals surface area contributed by atoms with E-state index in [-0.39, 0.29) is 22.8 Å². The molecule has 1 saturated carbocycles. The molecule has 4 rings (SSSR count). The number of aromatic nitrogens is 2. The molecule has 0 radical (unpaired) electrons. The van der Waals surface area contributed by atoms with E-state index >= 15 is 0 Å². The lowest BCUT2D eigenvalue weighted by molar-refractivity contribution is -0.114. The van der Waals surface area contributed by atoms with Crippen LogP contribution >= 0.6 is 0 Å². The second-order valence-corrected chi connectivity index (χ2v) is 9.78. The maximum absolute atomic E-state index is 12.9. The van der Waals surface area contributed by atoms with Gasteiger partial charge in [0.1, 0.15) is 5.69 Å². The lowest BCUT2D eigenvalue weighted by Crippen LogP contribution is -2.46. The van der Waals surface area contributed by atoms with Crippen LogP contribution in [0.5, 0.6) is 0 Å². The molecule has 0 atom stereocenters. The summed E-state index contributed by atoms with van der Waals surface area (Å²) in [5.41, 5.74) is 1.93. The van der Waals surface area contributed by atoms with E-state index in [0.717, 1.165) is 18.5 Å². The highest BCUT2D eigenvalue weighted by Gasteiger charge is 2.31. The molecule has 3 N–H and O–H groups in total. The smallest absolute Gasteiger partial charge is 0.271 e. The summed E-state index contributed by atoms with van der Waals surface area (Å²) in [6.07, 6.45) is 3.34. The Labute approximate surface area is 175 Å². The first kappa shape index (κ1) is 20.5. The zero-order valence-electron chi connectivity index (χ0n) is 16.7. The van der Waals surface area contributed by atoms with Gasteiger partial charge in [0.25, 0.3) is 5.91 Å². The van der Waals surface area contributed by atoms with Gasteiger partial charge >= 0.3 is 0 Å². The fraction of sp³-hybridized carbons (Fsp3) is 0.450. The van der Waals surface area contributed by atoms with Crippen molar-refractivity contribution in [2.45, 2.75) is 49.5 Å². The Morgan fingerprint density at radius 3 is 2.37 bits per heavy atom. The summed E-state index contributed by atoms with van der Waals surface area (Å²) >= 11 is 0. The molecule has 1 aliphatic carbocycles. The van der Waals surface area contributed by atoms with Crippen LogP contribution < -0.4 is 10.6 Å². The van der Waals surface area contributed by atoms with E-state index in [0.29, 0.717) is 43.2 Å². The van der Waals surface area contributed by atoms with Crippen molar-refractivity contribution in [2.75, 3.05) is 18.4 Å². The van der Waals surface area contributed by atoms with Gasteiger partial charge in [-0.3, -0.25) is 14.7 Å². The Morgan fingerprint density at radius 2 is 1.77 bits per heavy atom. The normalized spacial score (nSPS) is 18.2. The summed E-state index contributed by atoms with van der Waals surface area (Å²) in [5, 5.41) is 12.6. The summed E-state index contributed by atoms with van der Waals surface area (Å²) < 4.78 is 27.2. The number of rotatable bonds is 6. The Bertz CT molecular complexity index is 1040. The fourth-order valence-electron chi connectivity index (χ4n) is 3.62. The van der Waals surface area contributed by atoms with Gasteiger partial charge in [-0.1, -0.05) is 0 Å². The first-order valence-electron chi connectivity index (χ1n) is 10.1. The minimum Gasteiger partial charge on any atom is -0.348 e. The number of anilines is 1. The van der Waals surface area contributed by atoms with Crippen LogP contribution in [-0.2, 0) is 14.8 Å². The summed E-state index contributed by atoms with van der Waals surface area (Å²) in [7, 11) is -3.62. The molecule has 1 saturated heterocycles. The molecular formula is C20H25N5O4S. The first-order valence-corrected chi connectivity index (χ1v) is 11.5. The Morgan fingerprint density at radius 1 is 1.10 bits per heavy atom. The van der Waals surface area contributed by atoms with E-state index in [2.05, 4.69) is 20.8 Å². The number of hydrogen-bond donors (Lipinski definition) is 3. The van der Waals surface area contributed by atoms with Crippen molar-refractivity contribution in [2.24, 2.45) is 0 Å². The predicted molar refractivity (Wildman–Crippen MR) is 111 cm³/mol. The average Bonchev–Trinajstić information content (AvgIpc) is 3.45. The second-order valence-electron chi connectivity index (χ2n) is 7.84. The maximum Gasteiger partial charge on any atom is 0.271 e. The molecule has 9 nitrogen and oxygen atoms in total. The zero-order valence-corrected chi connectivity index (χ0v) is 17.5. The van der Waals surface area contributed by atoms with Gasteiger partial charge in [-0.2, -0.15) is 9.40 Å². The third-order valence-electron chi connectivity index (χ3n) is 5.45. The van der Waals surface area contributed by atoms with E-state index in [4.69, 9.17) is 0 Å². The quantitative estimate of drug-likeness (QED) is 0.644. The molecule has 2 aromatic rings. The Kier molecular flexibility index (Phi) is 5.61. The minimum absolute atomic E-state index is 0.0906. The Balaban J connectivity index is 1.32. The highest BCUT2D eigenvalue weighted by atomic mass is 32.2. The molecule has 30 heavy (non-hydrogen) atoms. The second kappa shape index (κ2) is 8.19. The lowest BCUT2D eigenvalue weighted by Gasteiger charge is -2.31. The molecule has 2 aliphatic rings. The molecule has 0 spiro atoms. The number of sulfonamides is 1. The van der Waals surface area contributed by atoms with Gasteiger partial charge in [0, 0.05) is 43.4 Å². The van der Waals surface area contributed by atoms with Crippen LogP contribution in [0.1, 0.15) is 54.7 Å². The molecule has 2 amide bonds. The van der Waals surface area contributed by atoms with Crippen LogP contribution in [0.3, 0.4) is 0 Å². The molecule has 160 valence electrons. The van der Waals surface area contributed by atoms with E-state index < -0.39 is 10.0 Å². The molecule has 2 fully saturated rings. The van der Waals surface area contributed by atoms with Crippen LogP contribution in [0.25, 0.3) is 0 Å². The van der Waals surface area contributed by atoms with Gasteiger partial charge < -0.3 is 10.6 Å². The predicted octanol–water partition coefficient (Wildman–Crippen LogP) is 1.83. The number of nitrogens with zero attached hydrogens (tertiary/aromatic N) is 2. The summed E-state index contributed by atoms with van der Waals surface area (Å²) in [5.74, 6) is 0.0566. The van der Waals surface area contributed by atoms with Crippen LogP contribution in [0.15, 0.2) is 35.2 Å². The molecule has 1 aliphatic heterocycles. The number of benzene rings is 1.